The third-order valence-corrected chi connectivity index (χ3v) is 4.18. The minimum atomic E-state index is -0.447. The summed E-state index contributed by atoms with van der Waals surface area (Å²) in [5.41, 5.74) is 2.54. The Hall–Kier alpha value is -1.84. The fourth-order valence-corrected chi connectivity index (χ4v) is 2.32. The molecule has 0 spiro atoms. The molecular formula is C20H29NO3. The van der Waals surface area contributed by atoms with Crippen LogP contribution in [0, 0.1) is 0 Å². The van der Waals surface area contributed by atoms with Gasteiger partial charge in [0.1, 0.15) is 0 Å². The minimum absolute atomic E-state index is 0.0698. The lowest BCUT2D eigenvalue weighted by Gasteiger charge is -2.25. The molecule has 0 bridgehead atoms. The average Bonchev–Trinajstić information content (AvgIpc) is 3.26. The van der Waals surface area contributed by atoms with Crippen molar-refractivity contribution in [2.24, 2.45) is 0 Å². The maximum Gasteiger partial charge on any atom is 0.338 e. The fourth-order valence-electron chi connectivity index (χ4n) is 2.32. The number of nitrogens with one attached hydrogen (secondary N) is 1. The molecule has 1 aromatic rings. The van der Waals surface area contributed by atoms with Gasteiger partial charge in [-0.15, -0.1) is 0 Å². The summed E-state index contributed by atoms with van der Waals surface area (Å²) in [7, 11) is 0. The monoisotopic (exact) mass is 331 g/mol. The van der Waals surface area contributed by atoms with E-state index in [2.05, 4.69) is 52.9 Å². The Labute approximate surface area is 145 Å². The van der Waals surface area contributed by atoms with Crippen LogP contribution in [0.15, 0.2) is 18.2 Å². The Bertz CT molecular complexity index is 599. The van der Waals surface area contributed by atoms with Crippen LogP contribution in [0.3, 0.4) is 0 Å². The zero-order valence-electron chi connectivity index (χ0n) is 15.7. The van der Waals surface area contributed by atoms with Gasteiger partial charge in [0.05, 0.1) is 5.56 Å². The van der Waals surface area contributed by atoms with E-state index in [1.807, 2.05) is 12.1 Å². The Balaban J connectivity index is 2.17. The molecule has 0 aromatic heterocycles. The van der Waals surface area contributed by atoms with Crippen molar-refractivity contribution in [2.45, 2.75) is 71.3 Å². The van der Waals surface area contributed by atoms with Crippen molar-refractivity contribution >= 4 is 11.9 Å². The first-order valence-electron chi connectivity index (χ1n) is 8.59. The smallest absolute Gasteiger partial charge is 0.338 e. The molecule has 2 rings (SSSR count). The largest absolute Gasteiger partial charge is 0.452 e. The highest BCUT2D eigenvalue weighted by atomic mass is 16.5. The van der Waals surface area contributed by atoms with Crippen molar-refractivity contribution in [1.29, 1.82) is 0 Å². The van der Waals surface area contributed by atoms with Crippen LogP contribution in [0.1, 0.15) is 75.9 Å². The molecule has 1 aliphatic carbocycles. The van der Waals surface area contributed by atoms with Crippen molar-refractivity contribution in [2.75, 3.05) is 6.61 Å². The van der Waals surface area contributed by atoms with Gasteiger partial charge >= 0.3 is 5.97 Å². The van der Waals surface area contributed by atoms with Crippen LogP contribution < -0.4 is 5.32 Å². The molecule has 0 aliphatic heterocycles. The molecule has 1 N–H and O–H groups in total. The SMILES string of the molecule is CC(C)(C)c1cc(C(=O)OCC(=O)NC2CC2)cc(C(C)(C)C)c1. The van der Waals surface area contributed by atoms with E-state index in [1.165, 1.54) is 0 Å². The average molecular weight is 331 g/mol. The highest BCUT2D eigenvalue weighted by Gasteiger charge is 2.25. The summed E-state index contributed by atoms with van der Waals surface area (Å²) < 4.78 is 5.20. The predicted octanol–water partition coefficient (Wildman–Crippen LogP) is 3.72. The van der Waals surface area contributed by atoms with Crippen molar-refractivity contribution in [1.82, 2.24) is 5.32 Å². The maximum atomic E-state index is 12.4. The summed E-state index contributed by atoms with van der Waals surface area (Å²) in [5, 5.41) is 2.82. The van der Waals surface area contributed by atoms with E-state index in [-0.39, 0.29) is 29.4 Å². The zero-order chi connectivity index (χ0) is 18.1. The molecule has 0 atom stereocenters. The lowest BCUT2D eigenvalue weighted by molar-refractivity contribution is -0.124. The fraction of sp³-hybridized carbons (Fsp3) is 0.600. The topological polar surface area (TPSA) is 55.4 Å². The van der Waals surface area contributed by atoms with E-state index in [0.29, 0.717) is 5.56 Å². The summed E-state index contributed by atoms with van der Waals surface area (Å²) >= 11 is 0. The molecule has 0 radical (unpaired) electrons. The zero-order valence-corrected chi connectivity index (χ0v) is 15.7. The van der Waals surface area contributed by atoms with Crippen molar-refractivity contribution in [3.05, 3.63) is 34.9 Å². The molecule has 1 amide bonds. The molecule has 0 heterocycles. The van der Waals surface area contributed by atoms with Crippen LogP contribution in [0.5, 0.6) is 0 Å². The minimum Gasteiger partial charge on any atom is -0.452 e. The van der Waals surface area contributed by atoms with Gasteiger partial charge in [0, 0.05) is 6.04 Å². The Kier molecular flexibility index (Phi) is 5.07. The Morgan fingerprint density at radius 1 is 1.00 bits per heavy atom. The highest BCUT2D eigenvalue weighted by molar-refractivity contribution is 5.92. The summed E-state index contributed by atoms with van der Waals surface area (Å²) in [4.78, 5) is 24.1. The highest BCUT2D eigenvalue weighted by Crippen LogP contribution is 2.30. The molecule has 1 fully saturated rings. The molecule has 0 unspecified atom stereocenters. The molecule has 4 heteroatoms. The van der Waals surface area contributed by atoms with Crippen LogP contribution in [0.2, 0.25) is 0 Å². The van der Waals surface area contributed by atoms with Crippen LogP contribution >= 0.6 is 0 Å². The number of hydrogen-bond acceptors (Lipinski definition) is 3. The lowest BCUT2D eigenvalue weighted by atomic mass is 9.79. The van der Waals surface area contributed by atoms with E-state index < -0.39 is 5.97 Å². The molecular weight excluding hydrogens is 302 g/mol. The molecule has 1 saturated carbocycles. The third-order valence-electron chi connectivity index (χ3n) is 4.18. The number of benzene rings is 1. The molecule has 132 valence electrons. The maximum absolute atomic E-state index is 12.4. The van der Waals surface area contributed by atoms with Crippen LogP contribution in [0.4, 0.5) is 0 Å². The molecule has 1 aromatic carbocycles. The number of amides is 1. The second kappa shape index (κ2) is 6.58. The summed E-state index contributed by atoms with van der Waals surface area (Å²) in [5.74, 6) is -0.675. The van der Waals surface area contributed by atoms with Crippen molar-refractivity contribution in [3.63, 3.8) is 0 Å². The number of rotatable bonds is 4. The van der Waals surface area contributed by atoms with Crippen LogP contribution in [0.25, 0.3) is 0 Å². The third kappa shape index (κ3) is 5.08. The molecule has 24 heavy (non-hydrogen) atoms. The van der Waals surface area contributed by atoms with E-state index >= 15 is 0 Å². The number of carbonyl (C=O) groups excluding carboxylic acids is 2. The van der Waals surface area contributed by atoms with Gasteiger partial charge in [-0.25, -0.2) is 4.79 Å². The van der Waals surface area contributed by atoms with Gasteiger partial charge in [-0.2, -0.15) is 0 Å². The summed E-state index contributed by atoms with van der Waals surface area (Å²) in [6.07, 6.45) is 2.03. The normalized spacial score (nSPS) is 15.1. The Morgan fingerprint density at radius 3 is 1.92 bits per heavy atom. The quantitative estimate of drug-likeness (QED) is 0.856. The first-order chi connectivity index (χ1) is 11.0. The van der Waals surface area contributed by atoms with Gasteiger partial charge < -0.3 is 10.1 Å². The number of hydrogen-bond donors (Lipinski definition) is 1. The number of carbonyl (C=O) groups is 2. The predicted molar refractivity (Wildman–Crippen MR) is 95.3 cm³/mol. The summed E-state index contributed by atoms with van der Waals surface area (Å²) in [6.45, 7) is 12.5. The molecule has 1 aliphatic rings. The van der Waals surface area contributed by atoms with Crippen molar-refractivity contribution in [3.8, 4) is 0 Å². The van der Waals surface area contributed by atoms with Crippen LogP contribution in [-0.2, 0) is 20.4 Å². The van der Waals surface area contributed by atoms with E-state index in [0.717, 1.165) is 24.0 Å². The standard InChI is InChI=1S/C20H29NO3/c1-19(2,3)14-9-13(10-15(11-14)20(4,5)6)18(23)24-12-17(22)21-16-7-8-16/h9-11,16H,7-8,12H2,1-6H3,(H,21,22). The molecule has 0 saturated heterocycles. The molecule has 4 nitrogen and oxygen atoms in total. The first kappa shape index (κ1) is 18.5. The van der Waals surface area contributed by atoms with Gasteiger partial charge in [-0.05, 0) is 46.9 Å². The van der Waals surface area contributed by atoms with Gasteiger partial charge in [0.15, 0.2) is 6.61 Å². The number of esters is 1. The first-order valence-corrected chi connectivity index (χ1v) is 8.59. The summed E-state index contributed by atoms with van der Waals surface area (Å²) in [6, 6.07) is 6.16. The second-order valence-corrected chi connectivity index (χ2v) is 8.72. The van der Waals surface area contributed by atoms with E-state index in [4.69, 9.17) is 4.74 Å². The van der Waals surface area contributed by atoms with E-state index in [1.54, 1.807) is 0 Å². The van der Waals surface area contributed by atoms with Gasteiger partial charge in [-0.3, -0.25) is 4.79 Å². The van der Waals surface area contributed by atoms with Gasteiger partial charge in [0.25, 0.3) is 5.91 Å². The second-order valence-electron chi connectivity index (χ2n) is 8.72. The number of ether oxygens (including phenoxy) is 1. The van der Waals surface area contributed by atoms with E-state index in [9.17, 15) is 9.59 Å². The van der Waals surface area contributed by atoms with Crippen LogP contribution in [-0.4, -0.2) is 24.5 Å². The van der Waals surface area contributed by atoms with Gasteiger partial charge in [0.2, 0.25) is 0 Å². The Morgan fingerprint density at radius 2 is 1.50 bits per heavy atom. The lowest BCUT2D eigenvalue weighted by Crippen LogP contribution is -2.30. The van der Waals surface area contributed by atoms with Crippen molar-refractivity contribution < 1.29 is 14.3 Å². The van der Waals surface area contributed by atoms with Gasteiger partial charge in [-0.1, -0.05) is 47.6 Å².